The lowest BCUT2D eigenvalue weighted by Crippen LogP contribution is -2.50. The maximum atomic E-state index is 13.5. The molecule has 0 aliphatic carbocycles. The van der Waals surface area contributed by atoms with Gasteiger partial charge in [0.25, 0.3) is 0 Å². The SMILES string of the molecule is Cc1nc(CC(=O)N2CCN(C(c3ccc(F)cc3)c3ccc(F)cc3)CC2)cs1. The molecule has 0 radical (unpaired) electrons. The van der Waals surface area contributed by atoms with E-state index in [-0.39, 0.29) is 23.6 Å². The highest BCUT2D eigenvalue weighted by atomic mass is 32.1. The molecule has 3 aromatic rings. The standard InChI is InChI=1S/C23H23F2N3OS/c1-16-26-21(15-30-16)14-22(29)27-10-12-28(13-11-27)23(17-2-6-19(24)7-3-17)18-4-8-20(25)9-5-18/h2-9,15,23H,10-14H2,1H3. The molecule has 1 aliphatic heterocycles. The van der Waals surface area contributed by atoms with Crippen LogP contribution in [0.1, 0.15) is 27.9 Å². The van der Waals surface area contributed by atoms with Crippen LogP contribution in [0.2, 0.25) is 0 Å². The van der Waals surface area contributed by atoms with Gasteiger partial charge in [-0.05, 0) is 42.3 Å². The highest BCUT2D eigenvalue weighted by Gasteiger charge is 2.28. The molecule has 0 bridgehead atoms. The molecule has 1 saturated heterocycles. The van der Waals surface area contributed by atoms with Gasteiger partial charge in [0.15, 0.2) is 0 Å². The van der Waals surface area contributed by atoms with Crippen molar-refractivity contribution in [3.63, 3.8) is 0 Å². The molecule has 2 aromatic carbocycles. The van der Waals surface area contributed by atoms with Crippen LogP contribution in [0.15, 0.2) is 53.9 Å². The Morgan fingerprint density at radius 1 is 0.967 bits per heavy atom. The summed E-state index contributed by atoms with van der Waals surface area (Å²) in [4.78, 5) is 21.2. The van der Waals surface area contributed by atoms with Crippen LogP contribution in [-0.2, 0) is 11.2 Å². The zero-order valence-electron chi connectivity index (χ0n) is 16.7. The third-order valence-electron chi connectivity index (χ3n) is 5.40. The number of rotatable bonds is 5. The van der Waals surface area contributed by atoms with Crippen LogP contribution in [0.5, 0.6) is 0 Å². The molecular weight excluding hydrogens is 404 g/mol. The largest absolute Gasteiger partial charge is 0.340 e. The van der Waals surface area contributed by atoms with E-state index in [1.807, 2.05) is 17.2 Å². The highest BCUT2D eigenvalue weighted by molar-refractivity contribution is 7.09. The van der Waals surface area contributed by atoms with Crippen molar-refractivity contribution in [2.45, 2.75) is 19.4 Å². The van der Waals surface area contributed by atoms with Crippen molar-refractivity contribution in [2.75, 3.05) is 26.2 Å². The Balaban J connectivity index is 1.48. The summed E-state index contributed by atoms with van der Waals surface area (Å²) in [6.07, 6.45) is 0.323. The highest BCUT2D eigenvalue weighted by Crippen LogP contribution is 2.30. The van der Waals surface area contributed by atoms with Gasteiger partial charge in [-0.1, -0.05) is 24.3 Å². The monoisotopic (exact) mass is 427 g/mol. The van der Waals surface area contributed by atoms with Gasteiger partial charge < -0.3 is 4.90 Å². The third kappa shape index (κ3) is 4.74. The Morgan fingerprint density at radius 3 is 1.97 bits per heavy atom. The van der Waals surface area contributed by atoms with Gasteiger partial charge in [-0.15, -0.1) is 11.3 Å². The van der Waals surface area contributed by atoms with E-state index >= 15 is 0 Å². The smallest absolute Gasteiger partial charge is 0.228 e. The number of hydrogen-bond acceptors (Lipinski definition) is 4. The molecule has 0 spiro atoms. The van der Waals surface area contributed by atoms with Crippen LogP contribution >= 0.6 is 11.3 Å². The van der Waals surface area contributed by atoms with Gasteiger partial charge >= 0.3 is 0 Å². The zero-order chi connectivity index (χ0) is 21.1. The summed E-state index contributed by atoms with van der Waals surface area (Å²) >= 11 is 1.55. The average Bonchev–Trinajstić information content (AvgIpc) is 3.16. The van der Waals surface area contributed by atoms with Crippen molar-refractivity contribution < 1.29 is 13.6 Å². The molecule has 1 fully saturated rings. The number of aryl methyl sites for hydroxylation is 1. The number of aromatic nitrogens is 1. The zero-order valence-corrected chi connectivity index (χ0v) is 17.5. The second kappa shape index (κ2) is 9.02. The molecule has 0 N–H and O–H groups in total. The number of hydrogen-bond donors (Lipinski definition) is 0. The van der Waals surface area contributed by atoms with Crippen LogP contribution in [0.4, 0.5) is 8.78 Å². The van der Waals surface area contributed by atoms with Crippen molar-refractivity contribution in [2.24, 2.45) is 0 Å². The van der Waals surface area contributed by atoms with Crippen LogP contribution in [0, 0.1) is 18.6 Å². The maximum Gasteiger partial charge on any atom is 0.228 e. The van der Waals surface area contributed by atoms with Crippen molar-refractivity contribution in [3.8, 4) is 0 Å². The predicted octanol–water partition coefficient (Wildman–Crippen LogP) is 4.21. The number of benzene rings is 2. The van der Waals surface area contributed by atoms with E-state index in [2.05, 4.69) is 9.88 Å². The Bertz CT molecular complexity index is 951. The first-order valence-electron chi connectivity index (χ1n) is 9.93. The molecule has 1 amide bonds. The molecule has 0 saturated carbocycles. The molecule has 4 nitrogen and oxygen atoms in total. The molecule has 4 rings (SSSR count). The Morgan fingerprint density at radius 2 is 1.50 bits per heavy atom. The summed E-state index contributed by atoms with van der Waals surface area (Å²) in [6.45, 7) is 4.52. The fraction of sp³-hybridized carbons (Fsp3) is 0.304. The van der Waals surface area contributed by atoms with Crippen LogP contribution in [0.3, 0.4) is 0 Å². The summed E-state index contributed by atoms with van der Waals surface area (Å²) in [7, 11) is 0. The van der Waals surface area contributed by atoms with E-state index in [4.69, 9.17) is 0 Å². The lowest BCUT2D eigenvalue weighted by atomic mass is 9.96. The Kier molecular flexibility index (Phi) is 6.20. The van der Waals surface area contributed by atoms with E-state index in [0.717, 1.165) is 21.8 Å². The molecule has 0 unspecified atom stereocenters. The lowest BCUT2D eigenvalue weighted by Gasteiger charge is -2.39. The maximum absolute atomic E-state index is 13.5. The average molecular weight is 428 g/mol. The second-order valence-corrected chi connectivity index (χ2v) is 8.52. The number of carbonyl (C=O) groups is 1. The number of piperazine rings is 1. The van der Waals surface area contributed by atoms with Gasteiger partial charge in [0.2, 0.25) is 5.91 Å². The normalized spacial score (nSPS) is 15.0. The van der Waals surface area contributed by atoms with Gasteiger partial charge in [0.05, 0.1) is 23.2 Å². The first-order chi connectivity index (χ1) is 14.5. The molecule has 1 aromatic heterocycles. The van der Waals surface area contributed by atoms with E-state index < -0.39 is 0 Å². The van der Waals surface area contributed by atoms with Crippen molar-refractivity contribution in [1.82, 2.24) is 14.8 Å². The first kappa shape index (κ1) is 20.6. The summed E-state index contributed by atoms with van der Waals surface area (Å²) in [5.41, 5.74) is 2.71. The number of nitrogens with zero attached hydrogens (tertiary/aromatic N) is 3. The minimum absolute atomic E-state index is 0.0834. The van der Waals surface area contributed by atoms with E-state index in [1.165, 1.54) is 24.3 Å². The molecule has 7 heteroatoms. The lowest BCUT2D eigenvalue weighted by molar-refractivity contribution is -0.132. The van der Waals surface area contributed by atoms with Gasteiger partial charge in [0.1, 0.15) is 11.6 Å². The third-order valence-corrected chi connectivity index (χ3v) is 6.22. The van der Waals surface area contributed by atoms with Crippen molar-refractivity contribution >= 4 is 17.2 Å². The Labute approximate surface area is 178 Å². The van der Waals surface area contributed by atoms with Crippen LogP contribution in [-0.4, -0.2) is 46.9 Å². The quantitative estimate of drug-likeness (QED) is 0.612. The van der Waals surface area contributed by atoms with Crippen molar-refractivity contribution in [1.29, 1.82) is 0 Å². The van der Waals surface area contributed by atoms with E-state index in [9.17, 15) is 13.6 Å². The predicted molar refractivity (Wildman–Crippen MR) is 113 cm³/mol. The van der Waals surface area contributed by atoms with Gasteiger partial charge in [0, 0.05) is 31.6 Å². The molecule has 2 heterocycles. The van der Waals surface area contributed by atoms with Crippen LogP contribution < -0.4 is 0 Å². The van der Waals surface area contributed by atoms with E-state index in [1.54, 1.807) is 35.6 Å². The minimum atomic E-state index is -0.288. The molecule has 156 valence electrons. The fourth-order valence-electron chi connectivity index (χ4n) is 3.89. The number of thiazole rings is 1. The Hall–Kier alpha value is -2.64. The van der Waals surface area contributed by atoms with Gasteiger partial charge in [-0.3, -0.25) is 9.69 Å². The summed E-state index contributed by atoms with van der Waals surface area (Å²) in [5, 5.41) is 2.90. The second-order valence-electron chi connectivity index (χ2n) is 7.46. The minimum Gasteiger partial charge on any atom is -0.340 e. The van der Waals surface area contributed by atoms with Gasteiger partial charge in [-0.25, -0.2) is 13.8 Å². The number of halogens is 2. The molecule has 30 heavy (non-hydrogen) atoms. The summed E-state index contributed by atoms with van der Waals surface area (Å²) < 4.78 is 26.9. The first-order valence-corrected chi connectivity index (χ1v) is 10.8. The topological polar surface area (TPSA) is 36.4 Å². The van der Waals surface area contributed by atoms with Gasteiger partial charge in [-0.2, -0.15) is 0 Å². The molecule has 0 atom stereocenters. The summed E-state index contributed by atoms with van der Waals surface area (Å²) in [6, 6.07) is 12.7. The summed E-state index contributed by atoms with van der Waals surface area (Å²) in [5.74, 6) is -0.492. The molecule has 1 aliphatic rings. The molecular formula is C23H23F2N3OS. The van der Waals surface area contributed by atoms with Crippen molar-refractivity contribution in [3.05, 3.63) is 87.4 Å². The van der Waals surface area contributed by atoms with E-state index in [0.29, 0.717) is 32.6 Å². The number of amides is 1. The number of carbonyl (C=O) groups excluding carboxylic acids is 1. The van der Waals surface area contributed by atoms with Crippen LogP contribution in [0.25, 0.3) is 0 Å². The fourth-order valence-corrected chi connectivity index (χ4v) is 4.50.